The van der Waals surface area contributed by atoms with E-state index in [-0.39, 0.29) is 6.04 Å². The van der Waals surface area contributed by atoms with Gasteiger partial charge >= 0.3 is 0 Å². The molecule has 1 aromatic rings. The number of hydrogen-bond acceptors (Lipinski definition) is 3. The Balaban J connectivity index is 2.20. The summed E-state index contributed by atoms with van der Waals surface area (Å²) in [6.07, 6.45) is 5.07. The molecule has 0 amide bonds. The predicted octanol–water partition coefficient (Wildman–Crippen LogP) is 3.96. The van der Waals surface area contributed by atoms with Gasteiger partial charge in [-0.1, -0.05) is 20.3 Å². The van der Waals surface area contributed by atoms with Gasteiger partial charge in [0.2, 0.25) is 0 Å². The average molecular weight is 280 g/mol. The zero-order valence-electron chi connectivity index (χ0n) is 12.6. The molecule has 2 rings (SSSR count). The molecule has 19 heavy (non-hydrogen) atoms. The minimum absolute atomic E-state index is 0.257. The van der Waals surface area contributed by atoms with Crippen molar-refractivity contribution in [3.63, 3.8) is 0 Å². The molecule has 0 spiro atoms. The highest BCUT2D eigenvalue weighted by molar-refractivity contribution is 7.10. The highest BCUT2D eigenvalue weighted by atomic mass is 32.1. The Morgan fingerprint density at radius 3 is 2.84 bits per heavy atom. The van der Waals surface area contributed by atoms with Crippen LogP contribution in [0.2, 0.25) is 0 Å². The molecule has 0 aromatic carbocycles. The lowest BCUT2D eigenvalue weighted by molar-refractivity contribution is 0.105. The number of rotatable bonds is 5. The van der Waals surface area contributed by atoms with Crippen molar-refractivity contribution in [2.24, 2.45) is 11.7 Å². The Labute approximate surface area is 122 Å². The number of nitrogens with two attached hydrogens (primary N) is 1. The van der Waals surface area contributed by atoms with Crippen molar-refractivity contribution in [1.29, 1.82) is 0 Å². The van der Waals surface area contributed by atoms with E-state index in [0.29, 0.717) is 6.04 Å². The first-order valence-electron chi connectivity index (χ1n) is 7.71. The standard InChI is InChI=1S/C16H28N2S/c1-4-13-7-6-9-18(11-13)15(14(17)5-2)16-12(3)8-10-19-16/h8,10,13-15H,4-7,9,11,17H2,1-3H3. The Morgan fingerprint density at radius 2 is 2.26 bits per heavy atom. The highest BCUT2D eigenvalue weighted by Crippen LogP contribution is 2.35. The zero-order chi connectivity index (χ0) is 13.8. The van der Waals surface area contributed by atoms with Crippen LogP contribution in [0.4, 0.5) is 0 Å². The Bertz CT molecular complexity index is 388. The van der Waals surface area contributed by atoms with Gasteiger partial charge in [-0.15, -0.1) is 11.3 Å². The third-order valence-electron chi connectivity index (χ3n) is 4.57. The molecule has 3 heteroatoms. The van der Waals surface area contributed by atoms with Crippen LogP contribution in [0.25, 0.3) is 0 Å². The van der Waals surface area contributed by atoms with Gasteiger partial charge < -0.3 is 5.73 Å². The van der Waals surface area contributed by atoms with Crippen LogP contribution in [-0.2, 0) is 0 Å². The van der Waals surface area contributed by atoms with Crippen molar-refractivity contribution < 1.29 is 0 Å². The van der Waals surface area contributed by atoms with E-state index in [1.54, 1.807) is 0 Å². The Hall–Kier alpha value is -0.380. The van der Waals surface area contributed by atoms with E-state index in [2.05, 4.69) is 37.1 Å². The van der Waals surface area contributed by atoms with Crippen molar-refractivity contribution in [2.45, 2.75) is 58.5 Å². The zero-order valence-corrected chi connectivity index (χ0v) is 13.4. The van der Waals surface area contributed by atoms with Crippen LogP contribution in [0.15, 0.2) is 11.4 Å². The maximum absolute atomic E-state index is 6.46. The molecule has 0 radical (unpaired) electrons. The molecular weight excluding hydrogens is 252 g/mol. The molecule has 0 aliphatic carbocycles. The summed E-state index contributed by atoms with van der Waals surface area (Å²) in [5.74, 6) is 0.862. The Morgan fingerprint density at radius 1 is 1.47 bits per heavy atom. The van der Waals surface area contributed by atoms with Crippen LogP contribution < -0.4 is 5.73 Å². The van der Waals surface area contributed by atoms with Gasteiger partial charge in [0.25, 0.3) is 0 Å². The molecule has 1 aromatic heterocycles. The molecule has 2 heterocycles. The van der Waals surface area contributed by atoms with E-state index >= 15 is 0 Å². The van der Waals surface area contributed by atoms with Crippen LogP contribution in [0.3, 0.4) is 0 Å². The molecule has 3 atom stereocenters. The van der Waals surface area contributed by atoms with Crippen molar-refractivity contribution in [2.75, 3.05) is 13.1 Å². The fourth-order valence-corrected chi connectivity index (χ4v) is 4.36. The number of piperidine rings is 1. The van der Waals surface area contributed by atoms with Gasteiger partial charge in [0.1, 0.15) is 0 Å². The second kappa shape index (κ2) is 6.87. The van der Waals surface area contributed by atoms with E-state index in [1.165, 1.54) is 42.8 Å². The summed E-state index contributed by atoms with van der Waals surface area (Å²) in [6.45, 7) is 9.20. The van der Waals surface area contributed by atoms with Gasteiger partial charge in [-0.3, -0.25) is 4.90 Å². The van der Waals surface area contributed by atoms with E-state index in [4.69, 9.17) is 5.73 Å². The molecular formula is C16H28N2S. The number of thiophene rings is 1. The second-order valence-corrected chi connectivity index (χ2v) is 6.84. The van der Waals surface area contributed by atoms with E-state index in [0.717, 1.165) is 12.3 Å². The number of hydrogen-bond donors (Lipinski definition) is 1. The van der Waals surface area contributed by atoms with Gasteiger partial charge in [0.15, 0.2) is 0 Å². The number of nitrogens with zero attached hydrogens (tertiary/aromatic N) is 1. The maximum atomic E-state index is 6.46. The summed E-state index contributed by atoms with van der Waals surface area (Å²) in [5, 5.41) is 2.21. The largest absolute Gasteiger partial charge is 0.326 e. The van der Waals surface area contributed by atoms with Crippen molar-refractivity contribution in [1.82, 2.24) is 4.90 Å². The summed E-state index contributed by atoms with van der Waals surface area (Å²) in [4.78, 5) is 4.15. The number of aryl methyl sites for hydroxylation is 1. The monoisotopic (exact) mass is 280 g/mol. The molecule has 108 valence electrons. The van der Waals surface area contributed by atoms with Crippen LogP contribution in [0, 0.1) is 12.8 Å². The number of likely N-dealkylation sites (tertiary alicyclic amines) is 1. The molecule has 0 saturated carbocycles. The lowest BCUT2D eigenvalue weighted by atomic mass is 9.91. The van der Waals surface area contributed by atoms with Crippen LogP contribution in [-0.4, -0.2) is 24.0 Å². The highest BCUT2D eigenvalue weighted by Gasteiger charge is 2.31. The normalized spacial score (nSPS) is 24.3. The molecule has 1 aliphatic heterocycles. The van der Waals surface area contributed by atoms with Gasteiger partial charge in [-0.25, -0.2) is 0 Å². The van der Waals surface area contributed by atoms with Crippen LogP contribution in [0.5, 0.6) is 0 Å². The SMILES string of the molecule is CCC1CCCN(C(c2sccc2C)C(N)CC)C1. The maximum Gasteiger partial charge on any atom is 0.0596 e. The first kappa shape index (κ1) is 15.0. The lowest BCUT2D eigenvalue weighted by Crippen LogP contribution is -2.45. The van der Waals surface area contributed by atoms with Crippen molar-refractivity contribution in [3.8, 4) is 0 Å². The minimum Gasteiger partial charge on any atom is -0.326 e. The van der Waals surface area contributed by atoms with Gasteiger partial charge in [0.05, 0.1) is 6.04 Å². The van der Waals surface area contributed by atoms with Crippen molar-refractivity contribution >= 4 is 11.3 Å². The summed E-state index contributed by atoms with van der Waals surface area (Å²) >= 11 is 1.88. The predicted molar refractivity (Wildman–Crippen MR) is 84.7 cm³/mol. The second-order valence-electron chi connectivity index (χ2n) is 5.90. The fraction of sp³-hybridized carbons (Fsp3) is 0.750. The molecule has 2 N–H and O–H groups in total. The Kier molecular flexibility index (Phi) is 5.43. The fourth-order valence-electron chi connectivity index (χ4n) is 3.22. The smallest absolute Gasteiger partial charge is 0.0596 e. The molecule has 0 bridgehead atoms. The van der Waals surface area contributed by atoms with Crippen LogP contribution >= 0.6 is 11.3 Å². The first-order chi connectivity index (χ1) is 9.17. The van der Waals surface area contributed by atoms with Crippen LogP contribution in [0.1, 0.15) is 56.0 Å². The summed E-state index contributed by atoms with van der Waals surface area (Å²) in [6, 6.07) is 2.92. The molecule has 1 fully saturated rings. The van der Waals surface area contributed by atoms with Gasteiger partial charge in [-0.05, 0) is 55.7 Å². The lowest BCUT2D eigenvalue weighted by Gasteiger charge is -2.40. The summed E-state index contributed by atoms with van der Waals surface area (Å²) in [7, 11) is 0. The summed E-state index contributed by atoms with van der Waals surface area (Å²) in [5.41, 5.74) is 7.87. The summed E-state index contributed by atoms with van der Waals surface area (Å²) < 4.78 is 0. The van der Waals surface area contributed by atoms with Gasteiger partial charge in [0, 0.05) is 17.5 Å². The minimum atomic E-state index is 0.257. The topological polar surface area (TPSA) is 29.3 Å². The van der Waals surface area contributed by atoms with E-state index in [9.17, 15) is 0 Å². The molecule has 1 aliphatic rings. The van der Waals surface area contributed by atoms with Gasteiger partial charge in [-0.2, -0.15) is 0 Å². The van der Waals surface area contributed by atoms with E-state index < -0.39 is 0 Å². The first-order valence-corrected chi connectivity index (χ1v) is 8.58. The third kappa shape index (κ3) is 3.39. The van der Waals surface area contributed by atoms with E-state index in [1.807, 2.05) is 11.3 Å². The molecule has 3 unspecified atom stereocenters. The average Bonchev–Trinajstić information content (AvgIpc) is 2.85. The molecule has 1 saturated heterocycles. The van der Waals surface area contributed by atoms with Crippen molar-refractivity contribution in [3.05, 3.63) is 21.9 Å². The molecule has 2 nitrogen and oxygen atoms in total. The quantitative estimate of drug-likeness (QED) is 0.884. The third-order valence-corrected chi connectivity index (χ3v) is 5.66.